The van der Waals surface area contributed by atoms with Crippen molar-refractivity contribution < 1.29 is 9.84 Å². The fourth-order valence-electron chi connectivity index (χ4n) is 2.77. The lowest BCUT2D eigenvalue weighted by molar-refractivity contribution is 0.0158. The molecule has 0 radical (unpaired) electrons. The Labute approximate surface area is 127 Å². The van der Waals surface area contributed by atoms with Crippen LogP contribution < -0.4 is 10.2 Å². The number of piperidine rings is 1. The van der Waals surface area contributed by atoms with Crippen molar-refractivity contribution in [2.75, 3.05) is 37.7 Å². The standard InChI is InChI=1S/C16H27N3O2/c1-3-17-13(2)14-4-7-18-16(12-14)19-8-5-15(6-9-19)21-11-10-20/h4,7,12-13,15,17,20H,3,5-6,8-11H2,1-2H3. The van der Waals surface area contributed by atoms with Crippen LogP contribution in [0.5, 0.6) is 0 Å². The Bertz CT molecular complexity index is 420. The molecule has 0 spiro atoms. The van der Waals surface area contributed by atoms with Gasteiger partial charge in [-0.05, 0) is 44.0 Å². The summed E-state index contributed by atoms with van der Waals surface area (Å²) in [5.41, 5.74) is 1.28. The molecule has 2 N–H and O–H groups in total. The summed E-state index contributed by atoms with van der Waals surface area (Å²) in [4.78, 5) is 6.83. The van der Waals surface area contributed by atoms with Gasteiger partial charge in [-0.25, -0.2) is 4.98 Å². The van der Waals surface area contributed by atoms with E-state index in [1.807, 2.05) is 6.20 Å². The highest BCUT2D eigenvalue weighted by atomic mass is 16.5. The molecule has 118 valence electrons. The van der Waals surface area contributed by atoms with Crippen LogP contribution in [0.15, 0.2) is 18.3 Å². The van der Waals surface area contributed by atoms with Crippen LogP contribution in [0.2, 0.25) is 0 Å². The van der Waals surface area contributed by atoms with Gasteiger partial charge in [0.1, 0.15) is 5.82 Å². The van der Waals surface area contributed by atoms with Gasteiger partial charge in [-0.15, -0.1) is 0 Å². The highest BCUT2D eigenvalue weighted by Crippen LogP contribution is 2.22. The molecule has 0 amide bonds. The normalized spacial score (nSPS) is 18.0. The first-order chi connectivity index (χ1) is 10.2. The van der Waals surface area contributed by atoms with E-state index < -0.39 is 0 Å². The molecule has 0 bridgehead atoms. The Balaban J connectivity index is 1.92. The van der Waals surface area contributed by atoms with Crippen molar-refractivity contribution in [3.63, 3.8) is 0 Å². The molecular weight excluding hydrogens is 266 g/mol. The van der Waals surface area contributed by atoms with E-state index in [2.05, 4.69) is 41.2 Å². The summed E-state index contributed by atoms with van der Waals surface area (Å²) in [5.74, 6) is 1.05. The number of hydrogen-bond donors (Lipinski definition) is 2. The smallest absolute Gasteiger partial charge is 0.128 e. The lowest BCUT2D eigenvalue weighted by Gasteiger charge is -2.33. The molecule has 21 heavy (non-hydrogen) atoms. The van der Waals surface area contributed by atoms with Crippen molar-refractivity contribution in [1.82, 2.24) is 10.3 Å². The Hall–Kier alpha value is -1.17. The van der Waals surface area contributed by atoms with Crippen molar-refractivity contribution in [3.05, 3.63) is 23.9 Å². The zero-order valence-electron chi connectivity index (χ0n) is 13.1. The molecule has 1 saturated heterocycles. The van der Waals surface area contributed by atoms with Gasteiger partial charge in [0.05, 0.1) is 19.3 Å². The third kappa shape index (κ3) is 4.66. The molecule has 1 aromatic heterocycles. The minimum Gasteiger partial charge on any atom is -0.394 e. The number of aliphatic hydroxyl groups is 1. The molecule has 1 aromatic rings. The van der Waals surface area contributed by atoms with Gasteiger partial charge >= 0.3 is 0 Å². The first-order valence-corrected chi connectivity index (χ1v) is 7.91. The number of rotatable bonds is 7. The summed E-state index contributed by atoms with van der Waals surface area (Å²) in [6, 6.07) is 4.61. The molecule has 2 rings (SSSR count). The minimum atomic E-state index is 0.103. The average molecular weight is 293 g/mol. The lowest BCUT2D eigenvalue weighted by atomic mass is 10.1. The maximum Gasteiger partial charge on any atom is 0.128 e. The number of anilines is 1. The van der Waals surface area contributed by atoms with E-state index in [9.17, 15) is 0 Å². The maximum atomic E-state index is 8.80. The SMILES string of the molecule is CCNC(C)c1ccnc(N2CCC(OCCO)CC2)c1. The van der Waals surface area contributed by atoms with E-state index in [0.717, 1.165) is 38.3 Å². The first kappa shape index (κ1) is 16.2. The van der Waals surface area contributed by atoms with Crippen LogP contribution >= 0.6 is 0 Å². The second-order valence-corrected chi connectivity index (χ2v) is 5.51. The molecule has 0 aliphatic carbocycles. The van der Waals surface area contributed by atoms with Crippen molar-refractivity contribution in [1.29, 1.82) is 0 Å². The van der Waals surface area contributed by atoms with Gasteiger partial charge < -0.3 is 20.1 Å². The Morgan fingerprint density at radius 3 is 2.90 bits per heavy atom. The molecule has 2 heterocycles. The van der Waals surface area contributed by atoms with Gasteiger partial charge in [0.2, 0.25) is 0 Å². The number of hydrogen-bond acceptors (Lipinski definition) is 5. The number of nitrogens with zero attached hydrogens (tertiary/aromatic N) is 2. The van der Waals surface area contributed by atoms with E-state index in [1.54, 1.807) is 0 Å². The zero-order chi connectivity index (χ0) is 15.1. The van der Waals surface area contributed by atoms with E-state index in [-0.39, 0.29) is 12.7 Å². The molecule has 1 fully saturated rings. The van der Waals surface area contributed by atoms with Crippen molar-refractivity contribution >= 4 is 5.82 Å². The number of aliphatic hydroxyl groups excluding tert-OH is 1. The fourth-order valence-corrected chi connectivity index (χ4v) is 2.77. The molecular formula is C16H27N3O2. The van der Waals surface area contributed by atoms with Gasteiger partial charge in [0.15, 0.2) is 0 Å². The molecule has 5 heteroatoms. The highest BCUT2D eigenvalue weighted by molar-refractivity contribution is 5.42. The molecule has 1 aliphatic heterocycles. The Morgan fingerprint density at radius 2 is 2.24 bits per heavy atom. The monoisotopic (exact) mass is 293 g/mol. The molecule has 1 aliphatic rings. The van der Waals surface area contributed by atoms with Gasteiger partial charge in [0.25, 0.3) is 0 Å². The third-order valence-electron chi connectivity index (χ3n) is 3.99. The molecule has 5 nitrogen and oxygen atoms in total. The Morgan fingerprint density at radius 1 is 1.48 bits per heavy atom. The van der Waals surface area contributed by atoms with E-state index in [0.29, 0.717) is 12.6 Å². The maximum absolute atomic E-state index is 8.80. The second kappa shape index (κ2) is 8.32. The van der Waals surface area contributed by atoms with E-state index >= 15 is 0 Å². The van der Waals surface area contributed by atoms with Crippen LogP contribution in [0, 0.1) is 0 Å². The summed E-state index contributed by atoms with van der Waals surface area (Å²) < 4.78 is 5.60. The van der Waals surface area contributed by atoms with Crippen LogP contribution in [0.4, 0.5) is 5.82 Å². The van der Waals surface area contributed by atoms with Crippen molar-refractivity contribution in [2.24, 2.45) is 0 Å². The van der Waals surface area contributed by atoms with Crippen LogP contribution in [-0.4, -0.2) is 49.0 Å². The highest BCUT2D eigenvalue weighted by Gasteiger charge is 2.20. The van der Waals surface area contributed by atoms with Crippen LogP contribution in [-0.2, 0) is 4.74 Å². The predicted octanol–water partition coefficient (Wildman–Crippen LogP) is 1.73. The molecule has 1 unspecified atom stereocenters. The fraction of sp³-hybridized carbons (Fsp3) is 0.688. The van der Waals surface area contributed by atoms with Crippen LogP contribution in [0.3, 0.4) is 0 Å². The van der Waals surface area contributed by atoms with E-state index in [1.165, 1.54) is 5.56 Å². The first-order valence-electron chi connectivity index (χ1n) is 7.91. The lowest BCUT2D eigenvalue weighted by Crippen LogP contribution is -2.38. The minimum absolute atomic E-state index is 0.103. The van der Waals surface area contributed by atoms with Crippen LogP contribution in [0.1, 0.15) is 38.3 Å². The number of aromatic nitrogens is 1. The van der Waals surface area contributed by atoms with Crippen LogP contribution in [0.25, 0.3) is 0 Å². The molecule has 0 aromatic carbocycles. The second-order valence-electron chi connectivity index (χ2n) is 5.51. The third-order valence-corrected chi connectivity index (χ3v) is 3.99. The summed E-state index contributed by atoms with van der Waals surface area (Å²) in [6.07, 6.45) is 4.16. The quantitative estimate of drug-likeness (QED) is 0.802. The largest absolute Gasteiger partial charge is 0.394 e. The van der Waals surface area contributed by atoms with Gasteiger partial charge in [0, 0.05) is 25.3 Å². The number of ether oxygens (including phenoxy) is 1. The summed E-state index contributed by atoms with van der Waals surface area (Å²) in [5, 5.41) is 12.2. The molecule has 0 saturated carbocycles. The summed E-state index contributed by atoms with van der Waals surface area (Å²) in [7, 11) is 0. The van der Waals surface area contributed by atoms with Gasteiger partial charge in [-0.3, -0.25) is 0 Å². The van der Waals surface area contributed by atoms with Gasteiger partial charge in [-0.2, -0.15) is 0 Å². The number of nitrogens with one attached hydrogen (secondary N) is 1. The number of pyridine rings is 1. The average Bonchev–Trinajstić information content (AvgIpc) is 2.54. The van der Waals surface area contributed by atoms with E-state index in [4.69, 9.17) is 9.84 Å². The summed E-state index contributed by atoms with van der Waals surface area (Å²) in [6.45, 7) is 7.73. The molecule has 1 atom stereocenters. The predicted molar refractivity (Wildman–Crippen MR) is 84.6 cm³/mol. The van der Waals surface area contributed by atoms with Gasteiger partial charge in [-0.1, -0.05) is 6.92 Å². The zero-order valence-corrected chi connectivity index (χ0v) is 13.1. The van der Waals surface area contributed by atoms with Crippen molar-refractivity contribution in [2.45, 2.75) is 38.8 Å². The summed E-state index contributed by atoms with van der Waals surface area (Å²) >= 11 is 0. The Kier molecular flexibility index (Phi) is 6.42. The van der Waals surface area contributed by atoms with Crippen molar-refractivity contribution in [3.8, 4) is 0 Å². The topological polar surface area (TPSA) is 57.6 Å².